The summed E-state index contributed by atoms with van der Waals surface area (Å²) in [6.45, 7) is 6.40. The maximum Gasteiger partial charge on any atom is 0.103 e. The minimum atomic E-state index is -0.526. The first-order chi connectivity index (χ1) is 10.9. The van der Waals surface area contributed by atoms with Crippen LogP contribution < -0.4 is 0 Å². The molecule has 0 amide bonds. The van der Waals surface area contributed by atoms with Crippen LogP contribution in [0.15, 0.2) is 36.4 Å². The quantitative estimate of drug-likeness (QED) is 0.897. The van der Waals surface area contributed by atoms with Gasteiger partial charge >= 0.3 is 0 Å². The second-order valence-electron chi connectivity index (χ2n) is 7.69. The third-order valence-electron chi connectivity index (χ3n) is 5.11. The van der Waals surface area contributed by atoms with Crippen LogP contribution in [0.3, 0.4) is 0 Å². The first-order valence-electron chi connectivity index (χ1n) is 8.65. The van der Waals surface area contributed by atoms with Crippen LogP contribution >= 0.6 is 0 Å². The minimum Gasteiger partial charge on any atom is -0.390 e. The lowest BCUT2D eigenvalue weighted by atomic mass is 9.85. The molecule has 0 bridgehead atoms. The molecule has 0 aromatic heterocycles. The molecule has 0 saturated carbocycles. The Labute approximate surface area is 139 Å². The highest BCUT2D eigenvalue weighted by molar-refractivity contribution is 5.49. The number of aliphatic hydroxyl groups excluding tert-OH is 1. The van der Waals surface area contributed by atoms with E-state index < -0.39 is 6.10 Å². The van der Waals surface area contributed by atoms with Crippen LogP contribution in [0, 0.1) is 0 Å². The van der Waals surface area contributed by atoms with Crippen molar-refractivity contribution in [2.24, 2.45) is 0 Å². The average Bonchev–Trinajstić information content (AvgIpc) is 2.61. The van der Waals surface area contributed by atoms with Gasteiger partial charge in [-0.3, -0.25) is 0 Å². The fraction of sp³-hybridized carbons (Fsp3) is 0.600. The van der Waals surface area contributed by atoms with E-state index in [0.29, 0.717) is 6.42 Å². The van der Waals surface area contributed by atoms with Gasteiger partial charge in [-0.1, -0.05) is 42.5 Å². The van der Waals surface area contributed by atoms with Gasteiger partial charge in [-0.2, -0.15) is 0 Å². The van der Waals surface area contributed by atoms with E-state index in [1.807, 2.05) is 42.5 Å². The van der Waals surface area contributed by atoms with Crippen LogP contribution in [0.5, 0.6) is 0 Å². The Morgan fingerprint density at radius 2 is 1.83 bits per heavy atom. The Morgan fingerprint density at radius 1 is 1.09 bits per heavy atom. The van der Waals surface area contributed by atoms with E-state index in [0.717, 1.165) is 24.8 Å². The molecular weight excluding hydrogens is 288 g/mol. The molecule has 0 radical (unpaired) electrons. The average molecular weight is 316 g/mol. The molecule has 4 atom stereocenters. The molecule has 3 heteroatoms. The second kappa shape index (κ2) is 6.39. The lowest BCUT2D eigenvalue weighted by molar-refractivity contribution is -0.235. The maximum absolute atomic E-state index is 10.5. The summed E-state index contributed by atoms with van der Waals surface area (Å²) < 4.78 is 12.6. The molecule has 23 heavy (non-hydrogen) atoms. The van der Waals surface area contributed by atoms with Crippen LogP contribution in [0.1, 0.15) is 52.0 Å². The number of fused-ring (bicyclic) bond motifs is 1. The number of hydrogen-bond donors (Lipinski definition) is 1. The predicted octanol–water partition coefficient (Wildman–Crippen LogP) is 3.96. The third-order valence-corrected chi connectivity index (χ3v) is 5.11. The molecule has 3 nitrogen and oxygen atoms in total. The largest absolute Gasteiger partial charge is 0.390 e. The molecule has 1 aromatic carbocycles. The molecular formula is C20H28O3. The van der Waals surface area contributed by atoms with Gasteiger partial charge in [0.1, 0.15) is 6.10 Å². The molecule has 3 rings (SSSR count). The Balaban J connectivity index is 1.75. The van der Waals surface area contributed by atoms with Crippen molar-refractivity contribution in [3.05, 3.63) is 42.0 Å². The van der Waals surface area contributed by atoms with Crippen molar-refractivity contribution < 1.29 is 14.6 Å². The molecule has 2 aliphatic heterocycles. The van der Waals surface area contributed by atoms with E-state index >= 15 is 0 Å². The number of rotatable bonds is 2. The lowest BCUT2D eigenvalue weighted by Gasteiger charge is -2.46. The summed E-state index contributed by atoms with van der Waals surface area (Å²) in [6.07, 6.45) is 6.89. The van der Waals surface area contributed by atoms with Crippen LogP contribution in [-0.2, 0) is 9.47 Å². The molecule has 0 unspecified atom stereocenters. The minimum absolute atomic E-state index is 0.0450. The molecule has 1 aromatic rings. The Bertz CT molecular complexity index is 551. The van der Waals surface area contributed by atoms with E-state index in [1.165, 1.54) is 0 Å². The van der Waals surface area contributed by atoms with E-state index in [9.17, 15) is 5.11 Å². The maximum atomic E-state index is 10.5. The lowest BCUT2D eigenvalue weighted by Crippen LogP contribution is -2.55. The second-order valence-corrected chi connectivity index (χ2v) is 7.69. The third kappa shape index (κ3) is 3.85. The SMILES string of the molecule is CC1(C)CCC[C@@]2(C)O[C@@H](/C=C\c3ccccc3)[C@H](O)C[C@@H]2O1. The summed E-state index contributed by atoms with van der Waals surface area (Å²) in [5, 5.41) is 10.5. The number of aliphatic hydroxyl groups is 1. The van der Waals surface area contributed by atoms with Crippen LogP contribution in [0.4, 0.5) is 0 Å². The van der Waals surface area contributed by atoms with Crippen molar-refractivity contribution in [3.8, 4) is 0 Å². The van der Waals surface area contributed by atoms with Gasteiger partial charge in [0.05, 0.1) is 23.4 Å². The van der Waals surface area contributed by atoms with Gasteiger partial charge in [0.2, 0.25) is 0 Å². The first-order valence-corrected chi connectivity index (χ1v) is 8.65. The zero-order chi connectivity index (χ0) is 16.5. The van der Waals surface area contributed by atoms with Crippen molar-refractivity contribution in [1.29, 1.82) is 0 Å². The fourth-order valence-corrected chi connectivity index (χ4v) is 3.71. The van der Waals surface area contributed by atoms with Crippen LogP contribution in [-0.4, -0.2) is 34.6 Å². The number of benzene rings is 1. The smallest absolute Gasteiger partial charge is 0.103 e. The predicted molar refractivity (Wildman–Crippen MR) is 92.2 cm³/mol. The summed E-state index contributed by atoms with van der Waals surface area (Å²) in [5.74, 6) is 0. The number of hydrogen-bond acceptors (Lipinski definition) is 3. The summed E-state index contributed by atoms with van der Waals surface area (Å²) in [6, 6.07) is 10.1. The van der Waals surface area contributed by atoms with Crippen molar-refractivity contribution in [3.63, 3.8) is 0 Å². The molecule has 2 aliphatic rings. The zero-order valence-corrected chi connectivity index (χ0v) is 14.4. The van der Waals surface area contributed by atoms with Crippen molar-refractivity contribution in [2.45, 2.75) is 76.0 Å². The summed E-state index contributed by atoms with van der Waals surface area (Å²) >= 11 is 0. The van der Waals surface area contributed by atoms with Crippen molar-refractivity contribution in [1.82, 2.24) is 0 Å². The summed E-state index contributed by atoms with van der Waals surface area (Å²) in [5.41, 5.74) is 0.658. The van der Waals surface area contributed by atoms with E-state index in [4.69, 9.17) is 9.47 Å². The fourth-order valence-electron chi connectivity index (χ4n) is 3.71. The van der Waals surface area contributed by atoms with Gasteiger partial charge in [-0.25, -0.2) is 0 Å². The standard InChI is InChI=1S/C20H28O3/c1-19(2)12-7-13-20(3)18(23-19)14-16(21)17(22-20)11-10-15-8-5-4-6-9-15/h4-6,8-11,16-18,21H,7,12-14H2,1-3H3/b11-10-/t16-,17+,18+,20-/m1/s1. The van der Waals surface area contributed by atoms with Crippen LogP contribution in [0.25, 0.3) is 6.08 Å². The van der Waals surface area contributed by atoms with Crippen molar-refractivity contribution >= 4 is 6.08 Å². The van der Waals surface area contributed by atoms with Gasteiger partial charge in [-0.15, -0.1) is 0 Å². The zero-order valence-electron chi connectivity index (χ0n) is 14.4. The van der Waals surface area contributed by atoms with E-state index in [1.54, 1.807) is 0 Å². The first kappa shape index (κ1) is 16.7. The van der Waals surface area contributed by atoms with E-state index in [2.05, 4.69) is 20.8 Å². The summed E-state index contributed by atoms with van der Waals surface area (Å²) in [4.78, 5) is 0. The highest BCUT2D eigenvalue weighted by Crippen LogP contribution is 2.41. The van der Waals surface area contributed by atoms with Crippen LogP contribution in [0.2, 0.25) is 0 Å². The van der Waals surface area contributed by atoms with Gasteiger partial charge < -0.3 is 14.6 Å². The highest BCUT2D eigenvalue weighted by atomic mass is 16.6. The molecule has 2 heterocycles. The summed E-state index contributed by atoms with van der Waals surface area (Å²) in [7, 11) is 0. The molecule has 2 fully saturated rings. The Kier molecular flexibility index (Phi) is 4.63. The molecule has 0 spiro atoms. The van der Waals surface area contributed by atoms with Gasteiger partial charge in [0, 0.05) is 6.42 Å². The Morgan fingerprint density at radius 3 is 2.57 bits per heavy atom. The molecule has 0 aliphatic carbocycles. The van der Waals surface area contributed by atoms with Gasteiger partial charge in [0.25, 0.3) is 0 Å². The van der Waals surface area contributed by atoms with Crippen molar-refractivity contribution in [2.75, 3.05) is 0 Å². The number of ether oxygens (including phenoxy) is 2. The molecule has 2 saturated heterocycles. The topological polar surface area (TPSA) is 38.7 Å². The Hall–Kier alpha value is -1.16. The van der Waals surface area contributed by atoms with Gasteiger partial charge in [-0.05, 0) is 45.6 Å². The molecule has 126 valence electrons. The van der Waals surface area contributed by atoms with E-state index in [-0.39, 0.29) is 23.4 Å². The monoisotopic (exact) mass is 316 g/mol. The molecule has 1 N–H and O–H groups in total. The normalized spacial score (nSPS) is 37.3. The highest BCUT2D eigenvalue weighted by Gasteiger charge is 2.48. The van der Waals surface area contributed by atoms with Gasteiger partial charge in [0.15, 0.2) is 0 Å².